The van der Waals surface area contributed by atoms with E-state index in [0.717, 1.165) is 4.83 Å². The molecule has 0 aliphatic rings. The quantitative estimate of drug-likeness (QED) is 0.761. The van der Waals surface area contributed by atoms with Crippen molar-refractivity contribution in [1.82, 2.24) is 19.3 Å². The molecule has 18 heavy (non-hydrogen) atoms. The average Bonchev–Trinajstić information content (AvgIpc) is 2.97. The lowest BCUT2D eigenvalue weighted by atomic mass is 10.4. The molecule has 3 aromatic rings. The molecule has 0 aliphatic carbocycles. The number of rotatable bonds is 3. The third-order valence-electron chi connectivity index (χ3n) is 2.68. The van der Waals surface area contributed by atoms with E-state index in [1.54, 1.807) is 33.9 Å². The van der Waals surface area contributed by atoms with E-state index in [4.69, 9.17) is 5.73 Å². The predicted octanol–water partition coefficient (Wildman–Crippen LogP) is 0.937. The van der Waals surface area contributed by atoms with Crippen LogP contribution in [0.5, 0.6) is 0 Å². The zero-order chi connectivity index (χ0) is 12.5. The largest absolute Gasteiger partial charge is 0.382 e. The summed E-state index contributed by atoms with van der Waals surface area (Å²) >= 11 is 1.47. The second-order valence-electron chi connectivity index (χ2n) is 3.89. The van der Waals surface area contributed by atoms with Gasteiger partial charge in [-0.2, -0.15) is 5.10 Å². The van der Waals surface area contributed by atoms with E-state index in [1.807, 2.05) is 5.38 Å². The number of nitrogens with zero attached hydrogens (tertiary/aromatic N) is 4. The molecule has 7 heteroatoms. The Morgan fingerprint density at radius 3 is 3.00 bits per heavy atom. The van der Waals surface area contributed by atoms with E-state index in [-0.39, 0.29) is 5.56 Å². The van der Waals surface area contributed by atoms with Crippen molar-refractivity contribution >= 4 is 27.4 Å². The van der Waals surface area contributed by atoms with Crippen LogP contribution in [0.25, 0.3) is 10.2 Å². The molecule has 0 atom stereocenters. The summed E-state index contributed by atoms with van der Waals surface area (Å²) in [4.78, 5) is 17.1. The number of fused-ring (bicyclic) bond motifs is 1. The zero-order valence-corrected chi connectivity index (χ0v) is 10.3. The van der Waals surface area contributed by atoms with E-state index >= 15 is 0 Å². The minimum atomic E-state index is -0.0126. The number of nitrogens with two attached hydrogens (primary N) is 1. The molecule has 3 aromatic heterocycles. The van der Waals surface area contributed by atoms with Crippen molar-refractivity contribution in [3.63, 3.8) is 0 Å². The number of nitrogen functional groups attached to an aromatic ring is 1. The van der Waals surface area contributed by atoms with Gasteiger partial charge in [0.15, 0.2) is 0 Å². The Morgan fingerprint density at radius 2 is 2.22 bits per heavy atom. The van der Waals surface area contributed by atoms with Gasteiger partial charge in [-0.3, -0.25) is 14.0 Å². The summed E-state index contributed by atoms with van der Waals surface area (Å²) in [6.07, 6.45) is 3.37. The number of hydrogen-bond donors (Lipinski definition) is 1. The van der Waals surface area contributed by atoms with Crippen molar-refractivity contribution in [2.45, 2.75) is 13.1 Å². The van der Waals surface area contributed by atoms with Crippen LogP contribution in [0.2, 0.25) is 0 Å². The summed E-state index contributed by atoms with van der Waals surface area (Å²) < 4.78 is 3.30. The van der Waals surface area contributed by atoms with Gasteiger partial charge in [-0.1, -0.05) is 0 Å². The van der Waals surface area contributed by atoms with Crippen molar-refractivity contribution in [3.8, 4) is 0 Å². The Hall–Kier alpha value is -2.15. The highest BCUT2D eigenvalue weighted by Gasteiger charge is 2.05. The molecule has 0 aromatic carbocycles. The lowest BCUT2D eigenvalue weighted by Crippen LogP contribution is -2.22. The van der Waals surface area contributed by atoms with Crippen molar-refractivity contribution in [2.24, 2.45) is 0 Å². The molecule has 2 N–H and O–H groups in total. The summed E-state index contributed by atoms with van der Waals surface area (Å²) in [6, 6.07) is 3.53. The zero-order valence-electron chi connectivity index (χ0n) is 9.48. The fourth-order valence-corrected chi connectivity index (χ4v) is 2.49. The Bertz CT molecular complexity index is 741. The monoisotopic (exact) mass is 261 g/mol. The molecule has 0 amide bonds. The van der Waals surface area contributed by atoms with Gasteiger partial charge in [0.1, 0.15) is 10.6 Å². The maximum Gasteiger partial charge on any atom is 0.262 e. The summed E-state index contributed by atoms with van der Waals surface area (Å²) in [6.45, 7) is 1.12. The summed E-state index contributed by atoms with van der Waals surface area (Å²) in [5.41, 5.74) is 5.51. The minimum Gasteiger partial charge on any atom is -0.382 e. The molecule has 0 unspecified atom stereocenters. The van der Waals surface area contributed by atoms with Crippen LogP contribution in [0.15, 0.2) is 34.8 Å². The third kappa shape index (κ3) is 1.88. The second kappa shape index (κ2) is 4.26. The van der Waals surface area contributed by atoms with E-state index in [1.165, 1.54) is 11.3 Å². The molecule has 0 fully saturated rings. The van der Waals surface area contributed by atoms with Gasteiger partial charge in [-0.25, -0.2) is 4.98 Å². The van der Waals surface area contributed by atoms with Gasteiger partial charge in [0.25, 0.3) is 5.56 Å². The van der Waals surface area contributed by atoms with Crippen LogP contribution in [-0.4, -0.2) is 19.3 Å². The highest BCUT2D eigenvalue weighted by molar-refractivity contribution is 7.16. The van der Waals surface area contributed by atoms with Gasteiger partial charge in [0, 0.05) is 12.7 Å². The van der Waals surface area contributed by atoms with Crippen LogP contribution in [0.3, 0.4) is 0 Å². The molecule has 0 saturated heterocycles. The molecule has 0 aliphatic heterocycles. The predicted molar refractivity (Wildman–Crippen MR) is 70.5 cm³/mol. The van der Waals surface area contributed by atoms with Crippen molar-refractivity contribution in [1.29, 1.82) is 0 Å². The smallest absolute Gasteiger partial charge is 0.262 e. The highest BCUT2D eigenvalue weighted by Crippen LogP contribution is 2.13. The average molecular weight is 261 g/mol. The number of thiophene rings is 1. The number of aromatic nitrogens is 4. The van der Waals surface area contributed by atoms with Crippen molar-refractivity contribution in [3.05, 3.63) is 40.4 Å². The fraction of sp³-hybridized carbons (Fsp3) is 0.182. The topological polar surface area (TPSA) is 78.7 Å². The summed E-state index contributed by atoms with van der Waals surface area (Å²) in [7, 11) is 0. The standard InChI is InChI=1S/C11H11N5OS/c12-9-1-3-16(14-9)5-4-15-7-13-10-8(11(15)17)2-6-18-10/h1-3,6-7H,4-5H2,(H2,12,14). The second-order valence-corrected chi connectivity index (χ2v) is 4.78. The van der Waals surface area contributed by atoms with Crippen molar-refractivity contribution in [2.75, 3.05) is 5.73 Å². The first-order valence-electron chi connectivity index (χ1n) is 5.45. The molecule has 3 rings (SSSR count). The molecule has 0 bridgehead atoms. The van der Waals surface area contributed by atoms with Crippen LogP contribution >= 0.6 is 11.3 Å². The Balaban J connectivity index is 1.86. The molecular formula is C11H11N5OS. The van der Waals surface area contributed by atoms with E-state index in [0.29, 0.717) is 24.3 Å². The Morgan fingerprint density at radius 1 is 1.33 bits per heavy atom. The van der Waals surface area contributed by atoms with Crippen LogP contribution in [0, 0.1) is 0 Å². The van der Waals surface area contributed by atoms with Crippen LogP contribution in [-0.2, 0) is 13.1 Å². The Kier molecular flexibility index (Phi) is 2.60. The van der Waals surface area contributed by atoms with Crippen LogP contribution in [0.1, 0.15) is 0 Å². The Labute approximate surface area is 106 Å². The SMILES string of the molecule is Nc1ccn(CCn2cnc3sccc3c2=O)n1. The fourth-order valence-electron chi connectivity index (χ4n) is 1.76. The normalized spacial score (nSPS) is 11.1. The first-order chi connectivity index (χ1) is 8.74. The molecule has 0 radical (unpaired) electrons. The van der Waals surface area contributed by atoms with Gasteiger partial charge in [0.2, 0.25) is 0 Å². The van der Waals surface area contributed by atoms with Crippen LogP contribution in [0.4, 0.5) is 5.82 Å². The van der Waals surface area contributed by atoms with E-state index in [2.05, 4.69) is 10.1 Å². The molecule has 92 valence electrons. The minimum absolute atomic E-state index is 0.0126. The lowest BCUT2D eigenvalue weighted by Gasteiger charge is -2.05. The van der Waals surface area contributed by atoms with E-state index in [9.17, 15) is 4.79 Å². The third-order valence-corrected chi connectivity index (χ3v) is 3.50. The van der Waals surface area contributed by atoms with Gasteiger partial charge >= 0.3 is 0 Å². The van der Waals surface area contributed by atoms with Crippen LogP contribution < -0.4 is 11.3 Å². The lowest BCUT2D eigenvalue weighted by molar-refractivity contribution is 0.523. The summed E-state index contributed by atoms with van der Waals surface area (Å²) in [5, 5.41) is 6.61. The van der Waals surface area contributed by atoms with Gasteiger partial charge in [-0.15, -0.1) is 11.3 Å². The summed E-state index contributed by atoms with van der Waals surface area (Å²) in [5.74, 6) is 0.480. The maximum atomic E-state index is 12.1. The maximum absolute atomic E-state index is 12.1. The molecule has 6 nitrogen and oxygen atoms in total. The van der Waals surface area contributed by atoms with Crippen molar-refractivity contribution < 1.29 is 0 Å². The molecule has 0 saturated carbocycles. The molecule has 3 heterocycles. The van der Waals surface area contributed by atoms with E-state index < -0.39 is 0 Å². The van der Waals surface area contributed by atoms with Gasteiger partial charge in [-0.05, 0) is 17.5 Å². The first kappa shape index (κ1) is 11.0. The highest BCUT2D eigenvalue weighted by atomic mass is 32.1. The number of hydrogen-bond acceptors (Lipinski definition) is 5. The number of aryl methyl sites for hydroxylation is 2. The first-order valence-corrected chi connectivity index (χ1v) is 6.33. The van der Waals surface area contributed by atoms with Gasteiger partial charge in [0.05, 0.1) is 18.3 Å². The number of anilines is 1. The molecular weight excluding hydrogens is 250 g/mol. The van der Waals surface area contributed by atoms with Gasteiger partial charge < -0.3 is 5.73 Å². The molecule has 0 spiro atoms.